The highest BCUT2D eigenvalue weighted by atomic mass is 16.3. The molecule has 2 atom stereocenters. The van der Waals surface area contributed by atoms with Gasteiger partial charge in [-0.15, -0.1) is 0 Å². The number of nitrogens with one attached hydrogen (secondary N) is 1. The molecule has 0 bridgehead atoms. The number of aromatic amines is 1. The van der Waals surface area contributed by atoms with E-state index < -0.39 is 0 Å². The van der Waals surface area contributed by atoms with Crippen LogP contribution in [0.4, 0.5) is 0 Å². The number of aliphatic hydroxyl groups is 1. The molecule has 0 saturated carbocycles. The number of aryl methyl sites for hydroxylation is 1. The van der Waals surface area contributed by atoms with Gasteiger partial charge >= 0.3 is 0 Å². The Balaban J connectivity index is 3.01. The minimum atomic E-state index is -0.377. The second-order valence-electron chi connectivity index (χ2n) is 4.96. The zero-order chi connectivity index (χ0) is 11.7. The minimum Gasteiger partial charge on any atom is -0.387 e. The molecule has 0 aliphatic carbocycles. The fraction of sp³-hybridized carbons (Fsp3) is 0.692. The Labute approximate surface area is 92.7 Å². The van der Waals surface area contributed by atoms with Crippen molar-refractivity contribution in [3.8, 4) is 0 Å². The van der Waals surface area contributed by atoms with Crippen molar-refractivity contribution in [1.82, 2.24) is 4.98 Å². The van der Waals surface area contributed by atoms with Crippen LogP contribution in [0.25, 0.3) is 0 Å². The summed E-state index contributed by atoms with van der Waals surface area (Å²) in [6.07, 6.45) is -0.377. The minimum absolute atomic E-state index is 0.279. The summed E-state index contributed by atoms with van der Waals surface area (Å²) in [5, 5.41) is 10.2. The van der Waals surface area contributed by atoms with Gasteiger partial charge in [0.2, 0.25) is 0 Å². The quantitative estimate of drug-likeness (QED) is 0.787. The lowest BCUT2D eigenvalue weighted by atomic mass is 9.89. The first-order chi connectivity index (χ1) is 6.86. The molecule has 0 saturated heterocycles. The Kier molecular flexibility index (Phi) is 3.61. The topological polar surface area (TPSA) is 36.0 Å². The van der Waals surface area contributed by atoms with Gasteiger partial charge in [-0.05, 0) is 43.7 Å². The molecule has 0 amide bonds. The van der Waals surface area contributed by atoms with Crippen molar-refractivity contribution in [2.45, 2.75) is 47.6 Å². The summed E-state index contributed by atoms with van der Waals surface area (Å²) in [6, 6.07) is 0. The molecular weight excluding hydrogens is 186 g/mol. The molecule has 15 heavy (non-hydrogen) atoms. The van der Waals surface area contributed by atoms with Crippen LogP contribution in [0.2, 0.25) is 0 Å². The molecule has 1 heterocycles. The summed E-state index contributed by atoms with van der Waals surface area (Å²) >= 11 is 0. The first-order valence-electron chi connectivity index (χ1n) is 5.70. The van der Waals surface area contributed by atoms with Gasteiger partial charge in [0.15, 0.2) is 0 Å². The second kappa shape index (κ2) is 4.40. The van der Waals surface area contributed by atoms with E-state index in [1.54, 1.807) is 0 Å². The summed E-state index contributed by atoms with van der Waals surface area (Å²) in [4.78, 5) is 3.30. The van der Waals surface area contributed by atoms with E-state index >= 15 is 0 Å². The normalized spacial score (nSPS) is 15.7. The smallest absolute Gasteiger partial charge is 0.0968 e. The zero-order valence-corrected chi connectivity index (χ0v) is 10.7. The van der Waals surface area contributed by atoms with Gasteiger partial charge < -0.3 is 10.1 Å². The van der Waals surface area contributed by atoms with Crippen LogP contribution < -0.4 is 0 Å². The lowest BCUT2D eigenvalue weighted by Crippen LogP contribution is -2.16. The molecular formula is C13H23NO. The number of rotatable bonds is 3. The molecule has 0 aliphatic heterocycles. The van der Waals surface area contributed by atoms with E-state index in [-0.39, 0.29) is 12.0 Å². The Morgan fingerprint density at radius 2 is 1.53 bits per heavy atom. The van der Waals surface area contributed by atoms with Gasteiger partial charge in [0.25, 0.3) is 0 Å². The summed E-state index contributed by atoms with van der Waals surface area (Å²) < 4.78 is 0. The molecule has 2 unspecified atom stereocenters. The second-order valence-corrected chi connectivity index (χ2v) is 4.96. The van der Waals surface area contributed by atoms with E-state index in [4.69, 9.17) is 0 Å². The maximum Gasteiger partial charge on any atom is 0.0968 e. The average molecular weight is 209 g/mol. The first-order valence-corrected chi connectivity index (χ1v) is 5.70. The SMILES string of the molecule is Cc1[nH]c(C(O)C(C)C(C)C)c(C)c1C. The molecule has 2 N–H and O–H groups in total. The van der Waals surface area contributed by atoms with Crippen molar-refractivity contribution in [3.63, 3.8) is 0 Å². The van der Waals surface area contributed by atoms with E-state index in [0.717, 1.165) is 11.4 Å². The molecule has 1 aromatic rings. The van der Waals surface area contributed by atoms with Gasteiger partial charge in [-0.3, -0.25) is 0 Å². The van der Waals surface area contributed by atoms with Crippen LogP contribution in [0.3, 0.4) is 0 Å². The third kappa shape index (κ3) is 2.25. The predicted molar refractivity (Wildman–Crippen MR) is 64.0 cm³/mol. The van der Waals surface area contributed by atoms with Crippen LogP contribution >= 0.6 is 0 Å². The molecule has 2 nitrogen and oxygen atoms in total. The average Bonchev–Trinajstić information content (AvgIpc) is 2.43. The van der Waals surface area contributed by atoms with Crippen molar-refractivity contribution in [1.29, 1.82) is 0 Å². The van der Waals surface area contributed by atoms with E-state index in [0.29, 0.717) is 5.92 Å². The molecule has 0 aliphatic rings. The van der Waals surface area contributed by atoms with Crippen LogP contribution in [0.15, 0.2) is 0 Å². The summed E-state index contributed by atoms with van der Waals surface area (Å²) in [5.41, 5.74) is 4.62. The van der Waals surface area contributed by atoms with Crippen LogP contribution in [-0.4, -0.2) is 10.1 Å². The summed E-state index contributed by atoms with van der Waals surface area (Å²) in [5.74, 6) is 0.768. The van der Waals surface area contributed by atoms with Gasteiger partial charge in [-0.2, -0.15) is 0 Å². The Morgan fingerprint density at radius 3 is 1.87 bits per heavy atom. The zero-order valence-electron chi connectivity index (χ0n) is 10.7. The monoisotopic (exact) mass is 209 g/mol. The van der Waals surface area contributed by atoms with Crippen LogP contribution in [0.1, 0.15) is 49.4 Å². The summed E-state index contributed by atoms with van der Waals surface area (Å²) in [7, 11) is 0. The highest BCUT2D eigenvalue weighted by Crippen LogP contribution is 2.30. The Bertz CT molecular complexity index is 339. The van der Waals surface area contributed by atoms with Crippen LogP contribution in [0.5, 0.6) is 0 Å². The molecule has 2 heteroatoms. The third-order valence-electron chi connectivity index (χ3n) is 3.70. The fourth-order valence-corrected chi connectivity index (χ4v) is 1.80. The van der Waals surface area contributed by atoms with Gasteiger partial charge in [0.1, 0.15) is 0 Å². The fourth-order valence-electron chi connectivity index (χ4n) is 1.80. The van der Waals surface area contributed by atoms with Gasteiger partial charge in [-0.25, -0.2) is 0 Å². The molecule has 1 aromatic heterocycles. The first kappa shape index (κ1) is 12.3. The van der Waals surface area contributed by atoms with Gasteiger partial charge in [0.05, 0.1) is 6.10 Å². The van der Waals surface area contributed by atoms with Crippen molar-refractivity contribution >= 4 is 0 Å². The molecule has 0 aromatic carbocycles. The van der Waals surface area contributed by atoms with Crippen molar-refractivity contribution in [3.05, 3.63) is 22.5 Å². The lowest BCUT2D eigenvalue weighted by molar-refractivity contribution is 0.0880. The number of hydrogen-bond donors (Lipinski definition) is 2. The van der Waals surface area contributed by atoms with E-state index in [9.17, 15) is 5.11 Å². The Morgan fingerprint density at radius 1 is 1.00 bits per heavy atom. The lowest BCUT2D eigenvalue weighted by Gasteiger charge is -2.22. The highest BCUT2D eigenvalue weighted by Gasteiger charge is 2.23. The molecule has 0 fully saturated rings. The van der Waals surface area contributed by atoms with Crippen molar-refractivity contribution in [2.75, 3.05) is 0 Å². The number of aromatic nitrogens is 1. The number of H-pyrrole nitrogens is 1. The molecule has 0 spiro atoms. The van der Waals surface area contributed by atoms with E-state index in [1.807, 2.05) is 0 Å². The van der Waals surface area contributed by atoms with Crippen LogP contribution in [0, 0.1) is 32.6 Å². The molecule has 86 valence electrons. The molecule has 0 radical (unpaired) electrons. The standard InChI is InChI=1S/C13H23NO/c1-7(2)8(3)13(15)12-10(5)9(4)11(6)14-12/h7-8,13-15H,1-6H3. The van der Waals surface area contributed by atoms with Gasteiger partial charge in [0, 0.05) is 11.4 Å². The summed E-state index contributed by atoms with van der Waals surface area (Å²) in [6.45, 7) is 12.6. The van der Waals surface area contributed by atoms with Crippen LogP contribution in [-0.2, 0) is 0 Å². The highest BCUT2D eigenvalue weighted by molar-refractivity contribution is 5.35. The predicted octanol–water partition coefficient (Wildman–Crippen LogP) is 3.27. The number of hydrogen-bond acceptors (Lipinski definition) is 1. The maximum atomic E-state index is 10.2. The largest absolute Gasteiger partial charge is 0.387 e. The third-order valence-corrected chi connectivity index (χ3v) is 3.70. The van der Waals surface area contributed by atoms with Crippen molar-refractivity contribution < 1.29 is 5.11 Å². The maximum absolute atomic E-state index is 10.2. The number of aliphatic hydroxyl groups excluding tert-OH is 1. The van der Waals surface area contributed by atoms with Gasteiger partial charge in [-0.1, -0.05) is 20.8 Å². The Hall–Kier alpha value is -0.760. The van der Waals surface area contributed by atoms with E-state index in [1.165, 1.54) is 11.1 Å². The van der Waals surface area contributed by atoms with E-state index in [2.05, 4.69) is 46.5 Å². The van der Waals surface area contributed by atoms with Crippen molar-refractivity contribution in [2.24, 2.45) is 11.8 Å². The molecule has 1 rings (SSSR count).